The quantitative estimate of drug-likeness (QED) is 0.843. The largest absolute Gasteiger partial charge is 0.348 e. The zero-order valence-electron chi connectivity index (χ0n) is 12.7. The Morgan fingerprint density at radius 3 is 2.70 bits per heavy atom. The van der Waals surface area contributed by atoms with Crippen LogP contribution in [0.25, 0.3) is 0 Å². The number of nitrogens with zero attached hydrogens (tertiary/aromatic N) is 2. The Kier molecular flexibility index (Phi) is 3.61. The smallest absolute Gasteiger partial charge is 0.186 e. The number of fused-ring (bicyclic) bond motifs is 1. The molecule has 1 aromatic rings. The van der Waals surface area contributed by atoms with Crippen molar-refractivity contribution in [3.05, 3.63) is 10.6 Å². The zero-order chi connectivity index (χ0) is 14.3. The van der Waals surface area contributed by atoms with Gasteiger partial charge in [-0.05, 0) is 37.5 Å². The van der Waals surface area contributed by atoms with Crippen LogP contribution in [0.4, 0.5) is 5.13 Å². The third-order valence-electron chi connectivity index (χ3n) is 4.58. The van der Waals surface area contributed by atoms with Gasteiger partial charge in [-0.25, -0.2) is 4.98 Å². The molecule has 0 N–H and O–H groups in total. The van der Waals surface area contributed by atoms with Crippen molar-refractivity contribution in [2.45, 2.75) is 52.9 Å². The minimum atomic E-state index is 0.0699. The molecule has 110 valence electrons. The number of rotatable bonds is 4. The standard InChI is InChI=1S/C16H24N2OS/c1-4-18(10-11-6-5-7-11)15-17-12-8-16(2,3)9-13(19)14(12)20-15/h11H,4-10H2,1-3H3. The van der Waals surface area contributed by atoms with E-state index in [1.807, 2.05) is 0 Å². The average molecular weight is 292 g/mol. The molecular weight excluding hydrogens is 268 g/mol. The molecule has 3 rings (SSSR count). The minimum absolute atomic E-state index is 0.0699. The maximum absolute atomic E-state index is 12.3. The highest BCUT2D eigenvalue weighted by atomic mass is 32.1. The van der Waals surface area contributed by atoms with Crippen LogP contribution >= 0.6 is 11.3 Å². The van der Waals surface area contributed by atoms with Crippen LogP contribution in [0.1, 0.15) is 61.8 Å². The lowest BCUT2D eigenvalue weighted by Crippen LogP contribution is -2.32. The van der Waals surface area contributed by atoms with E-state index in [1.165, 1.54) is 19.3 Å². The van der Waals surface area contributed by atoms with Crippen LogP contribution in [-0.4, -0.2) is 23.9 Å². The molecular formula is C16H24N2OS. The maximum Gasteiger partial charge on any atom is 0.186 e. The van der Waals surface area contributed by atoms with Gasteiger partial charge >= 0.3 is 0 Å². The molecule has 0 aliphatic heterocycles. The normalized spacial score (nSPS) is 21.4. The summed E-state index contributed by atoms with van der Waals surface area (Å²) in [7, 11) is 0. The first kappa shape index (κ1) is 14.1. The van der Waals surface area contributed by atoms with Crippen LogP contribution < -0.4 is 4.90 Å². The summed E-state index contributed by atoms with van der Waals surface area (Å²) in [5.74, 6) is 1.13. The molecule has 2 aliphatic rings. The first-order valence-electron chi connectivity index (χ1n) is 7.76. The van der Waals surface area contributed by atoms with Gasteiger partial charge in [0.1, 0.15) is 0 Å². The number of Topliss-reactive ketones (excluding diaryl/α,β-unsaturated/α-hetero) is 1. The van der Waals surface area contributed by atoms with Gasteiger partial charge in [-0.1, -0.05) is 31.6 Å². The first-order chi connectivity index (χ1) is 9.48. The Labute approximate surface area is 125 Å². The summed E-state index contributed by atoms with van der Waals surface area (Å²) in [6.07, 6.45) is 5.69. The summed E-state index contributed by atoms with van der Waals surface area (Å²) in [5.41, 5.74) is 1.11. The summed E-state index contributed by atoms with van der Waals surface area (Å²) in [5, 5.41) is 1.07. The number of hydrogen-bond acceptors (Lipinski definition) is 4. The van der Waals surface area contributed by atoms with Crippen molar-refractivity contribution in [1.82, 2.24) is 4.98 Å². The van der Waals surface area contributed by atoms with Gasteiger partial charge in [0, 0.05) is 19.5 Å². The van der Waals surface area contributed by atoms with Crippen LogP contribution in [0.2, 0.25) is 0 Å². The number of ketones is 1. The Morgan fingerprint density at radius 1 is 1.35 bits per heavy atom. The molecule has 0 atom stereocenters. The van der Waals surface area contributed by atoms with E-state index in [-0.39, 0.29) is 5.41 Å². The van der Waals surface area contributed by atoms with Crippen molar-refractivity contribution >= 4 is 22.3 Å². The van der Waals surface area contributed by atoms with Crippen molar-refractivity contribution in [1.29, 1.82) is 0 Å². The lowest BCUT2D eigenvalue weighted by atomic mass is 9.78. The second-order valence-electron chi connectivity index (χ2n) is 7.05. The highest BCUT2D eigenvalue weighted by Gasteiger charge is 2.34. The molecule has 0 amide bonds. The molecule has 1 heterocycles. The number of aromatic nitrogens is 1. The lowest BCUT2D eigenvalue weighted by Gasteiger charge is -2.31. The van der Waals surface area contributed by atoms with E-state index in [2.05, 4.69) is 25.7 Å². The summed E-state index contributed by atoms with van der Waals surface area (Å²) >= 11 is 1.62. The van der Waals surface area contributed by atoms with Crippen LogP contribution in [0.15, 0.2) is 0 Å². The third-order valence-corrected chi connectivity index (χ3v) is 5.78. The van der Waals surface area contributed by atoms with Crippen molar-refractivity contribution in [2.24, 2.45) is 11.3 Å². The molecule has 0 radical (unpaired) electrons. The number of hydrogen-bond donors (Lipinski definition) is 0. The van der Waals surface area contributed by atoms with E-state index in [1.54, 1.807) is 11.3 Å². The molecule has 1 fully saturated rings. The fourth-order valence-electron chi connectivity index (χ4n) is 3.17. The fraction of sp³-hybridized carbons (Fsp3) is 0.750. The topological polar surface area (TPSA) is 33.2 Å². The molecule has 20 heavy (non-hydrogen) atoms. The van der Waals surface area contributed by atoms with Gasteiger partial charge in [-0.15, -0.1) is 0 Å². The van der Waals surface area contributed by atoms with Crippen molar-refractivity contribution in [3.63, 3.8) is 0 Å². The molecule has 0 unspecified atom stereocenters. The molecule has 0 aromatic carbocycles. The Bertz CT molecular complexity index is 517. The van der Waals surface area contributed by atoms with Crippen molar-refractivity contribution in [3.8, 4) is 0 Å². The molecule has 3 nitrogen and oxygen atoms in total. The van der Waals surface area contributed by atoms with Gasteiger partial charge in [0.15, 0.2) is 10.9 Å². The average Bonchev–Trinajstić information content (AvgIpc) is 2.70. The Balaban J connectivity index is 1.82. The molecule has 1 saturated carbocycles. The SMILES string of the molecule is CCN(CC1CCC1)c1nc2c(s1)C(=O)CC(C)(C)C2. The van der Waals surface area contributed by atoms with Crippen LogP contribution in [0.3, 0.4) is 0 Å². The van der Waals surface area contributed by atoms with Gasteiger partial charge < -0.3 is 4.90 Å². The third kappa shape index (κ3) is 2.62. The molecule has 0 bridgehead atoms. The first-order valence-corrected chi connectivity index (χ1v) is 8.58. The van der Waals surface area contributed by atoms with Gasteiger partial charge in [0.2, 0.25) is 0 Å². The molecule has 4 heteroatoms. The summed E-state index contributed by atoms with van der Waals surface area (Å²) in [6.45, 7) is 8.61. The van der Waals surface area contributed by atoms with Crippen LogP contribution in [0, 0.1) is 11.3 Å². The summed E-state index contributed by atoms with van der Waals surface area (Å²) in [6, 6.07) is 0. The van der Waals surface area contributed by atoms with E-state index < -0.39 is 0 Å². The van der Waals surface area contributed by atoms with E-state index >= 15 is 0 Å². The molecule has 1 aromatic heterocycles. The highest BCUT2D eigenvalue weighted by molar-refractivity contribution is 7.17. The highest BCUT2D eigenvalue weighted by Crippen LogP contribution is 2.39. The monoisotopic (exact) mass is 292 g/mol. The lowest BCUT2D eigenvalue weighted by molar-refractivity contribution is 0.0916. The second kappa shape index (κ2) is 5.14. The van der Waals surface area contributed by atoms with Gasteiger partial charge in [0.05, 0.1) is 10.6 Å². The van der Waals surface area contributed by atoms with Gasteiger partial charge in [-0.2, -0.15) is 0 Å². The minimum Gasteiger partial charge on any atom is -0.348 e. The Morgan fingerprint density at radius 2 is 2.10 bits per heavy atom. The fourth-order valence-corrected chi connectivity index (χ4v) is 4.27. The van der Waals surface area contributed by atoms with Crippen molar-refractivity contribution < 1.29 is 4.79 Å². The van der Waals surface area contributed by atoms with Crippen LogP contribution in [0.5, 0.6) is 0 Å². The molecule has 0 saturated heterocycles. The number of carbonyl (C=O) groups excluding carboxylic acids is 1. The zero-order valence-corrected chi connectivity index (χ0v) is 13.6. The van der Waals surface area contributed by atoms with E-state index in [4.69, 9.17) is 4.98 Å². The number of anilines is 1. The van der Waals surface area contributed by atoms with E-state index in [0.29, 0.717) is 12.2 Å². The predicted octanol–water partition coefficient (Wildman–Crippen LogP) is 3.92. The maximum atomic E-state index is 12.3. The van der Waals surface area contributed by atoms with Gasteiger partial charge in [-0.3, -0.25) is 4.79 Å². The van der Waals surface area contributed by atoms with E-state index in [0.717, 1.165) is 41.1 Å². The predicted molar refractivity (Wildman–Crippen MR) is 83.8 cm³/mol. The van der Waals surface area contributed by atoms with Gasteiger partial charge in [0.25, 0.3) is 0 Å². The van der Waals surface area contributed by atoms with Crippen LogP contribution in [-0.2, 0) is 6.42 Å². The second-order valence-corrected chi connectivity index (χ2v) is 8.03. The van der Waals surface area contributed by atoms with Crippen molar-refractivity contribution in [2.75, 3.05) is 18.0 Å². The number of thiazole rings is 1. The summed E-state index contributed by atoms with van der Waals surface area (Å²) < 4.78 is 0. The Hall–Kier alpha value is -0.900. The molecule has 2 aliphatic carbocycles. The van der Waals surface area contributed by atoms with E-state index in [9.17, 15) is 4.79 Å². The summed E-state index contributed by atoms with van der Waals surface area (Å²) in [4.78, 5) is 20.4. The number of carbonyl (C=O) groups is 1. The molecule has 0 spiro atoms.